The van der Waals surface area contributed by atoms with E-state index in [-0.39, 0.29) is 26.4 Å². The second kappa shape index (κ2) is 17.0. The lowest BCUT2D eigenvalue weighted by Gasteiger charge is -2.46. The normalized spacial score (nSPS) is 22.7. The fraction of sp³-hybridized carbons (Fsp3) is 0.433. The first-order valence-corrected chi connectivity index (χ1v) is 14.5. The van der Waals surface area contributed by atoms with Gasteiger partial charge in [0.15, 0.2) is 12.2 Å². The molecule has 1 aliphatic rings. The van der Waals surface area contributed by atoms with Crippen molar-refractivity contribution < 1.29 is 42.7 Å². The van der Waals surface area contributed by atoms with E-state index in [1.54, 1.807) is 37.3 Å². The van der Waals surface area contributed by atoms with E-state index in [1.807, 2.05) is 30.3 Å². The summed E-state index contributed by atoms with van der Waals surface area (Å²) in [6.07, 6.45) is -5.48. The van der Waals surface area contributed by atoms with Gasteiger partial charge in [-0.15, -0.1) is 6.58 Å². The van der Waals surface area contributed by atoms with Crippen molar-refractivity contribution in [1.29, 1.82) is 5.41 Å². The van der Waals surface area contributed by atoms with Gasteiger partial charge in [-0.3, -0.25) is 10.2 Å². The van der Waals surface area contributed by atoms with Crippen LogP contribution >= 0.6 is 34.8 Å². The number of hydrogen-bond acceptors (Lipinski definition) is 10. The number of hydrogen-bond donors (Lipinski definition) is 1. The molecule has 6 atom stereocenters. The van der Waals surface area contributed by atoms with Crippen LogP contribution in [0.5, 0.6) is 0 Å². The highest BCUT2D eigenvalue weighted by molar-refractivity contribution is 6.76. The molecule has 0 aliphatic carbocycles. The molecule has 1 N–H and O–H groups in total. The number of benzene rings is 2. The first kappa shape index (κ1) is 34.8. The van der Waals surface area contributed by atoms with E-state index in [4.69, 9.17) is 73.4 Å². The molecule has 3 rings (SSSR count). The molecule has 0 spiro atoms. The Hall–Kier alpha value is -2.70. The summed E-state index contributed by atoms with van der Waals surface area (Å²) >= 11 is 17.8. The average molecular weight is 659 g/mol. The van der Waals surface area contributed by atoms with Crippen molar-refractivity contribution in [2.75, 3.05) is 19.8 Å². The topological polar surface area (TPSA) is 123 Å². The SMILES string of the molecule is C=CCO[C@@H]1[C@@H](O[C@H](C(=O)OCC)c2ccccc2)[C@@H](OC(=N)C(Cl)(Cl)Cl)O[C@H](COC(C)=O)[C@H]1OCc1ccccc1. The lowest BCUT2D eigenvalue weighted by atomic mass is 9.97. The molecular formula is C30H34Cl3NO9. The Kier molecular flexibility index (Phi) is 13.7. The summed E-state index contributed by atoms with van der Waals surface area (Å²) in [6.45, 7) is 6.62. The van der Waals surface area contributed by atoms with Crippen LogP contribution in [0.3, 0.4) is 0 Å². The van der Waals surface area contributed by atoms with Crippen LogP contribution < -0.4 is 0 Å². The van der Waals surface area contributed by atoms with Gasteiger partial charge in [-0.25, -0.2) is 4.79 Å². The summed E-state index contributed by atoms with van der Waals surface area (Å²) in [4.78, 5) is 24.9. The molecule has 234 valence electrons. The number of ether oxygens (including phenoxy) is 7. The van der Waals surface area contributed by atoms with E-state index in [0.29, 0.717) is 5.56 Å². The van der Waals surface area contributed by atoms with Crippen molar-refractivity contribution in [3.8, 4) is 0 Å². The minimum atomic E-state index is -2.25. The molecule has 0 bridgehead atoms. The maximum Gasteiger partial charge on any atom is 0.339 e. The summed E-state index contributed by atoms with van der Waals surface area (Å²) in [7, 11) is 0. The molecule has 1 saturated heterocycles. The second-order valence-electron chi connectivity index (χ2n) is 9.28. The number of rotatable bonds is 14. The standard InChI is InChI=1S/C30H34Cl3NO9/c1-4-16-38-25-24(40-17-20-12-8-6-9-13-20)22(18-39-19(3)35)41-28(43-29(34)30(31,32)33)26(25)42-23(27(36)37-5-2)21-14-10-7-11-15-21/h4,6-15,22-26,28,34H,1,5,16-18H2,2-3H3/t22-,23+,24-,25+,26-,28-/m1/s1. The molecule has 1 heterocycles. The number of carbonyl (C=O) groups excluding carboxylic acids is 2. The third kappa shape index (κ3) is 10.5. The fourth-order valence-electron chi connectivity index (χ4n) is 4.24. The third-order valence-corrected chi connectivity index (χ3v) is 6.64. The molecule has 0 amide bonds. The maximum absolute atomic E-state index is 13.2. The summed E-state index contributed by atoms with van der Waals surface area (Å²) in [5.74, 6) is -2.03. The van der Waals surface area contributed by atoms with Gasteiger partial charge in [0.1, 0.15) is 24.9 Å². The second-order valence-corrected chi connectivity index (χ2v) is 11.6. The zero-order chi connectivity index (χ0) is 31.4. The predicted molar refractivity (Wildman–Crippen MR) is 160 cm³/mol. The number of nitrogens with one attached hydrogen (secondary N) is 1. The summed E-state index contributed by atoms with van der Waals surface area (Å²) in [5, 5.41) is 8.23. The monoisotopic (exact) mass is 657 g/mol. The van der Waals surface area contributed by atoms with Crippen LogP contribution in [0, 0.1) is 5.41 Å². The molecule has 43 heavy (non-hydrogen) atoms. The predicted octanol–water partition coefficient (Wildman–Crippen LogP) is 5.48. The van der Waals surface area contributed by atoms with Gasteiger partial charge in [0, 0.05) is 6.92 Å². The van der Waals surface area contributed by atoms with Crippen molar-refractivity contribution in [2.45, 2.75) is 61.1 Å². The Morgan fingerprint density at radius 2 is 1.65 bits per heavy atom. The van der Waals surface area contributed by atoms with Crippen molar-refractivity contribution in [3.05, 3.63) is 84.4 Å². The van der Waals surface area contributed by atoms with Gasteiger partial charge < -0.3 is 33.2 Å². The van der Waals surface area contributed by atoms with E-state index in [9.17, 15) is 9.59 Å². The zero-order valence-electron chi connectivity index (χ0n) is 23.7. The quantitative estimate of drug-likeness (QED) is 0.0924. The van der Waals surface area contributed by atoms with E-state index < -0.39 is 58.4 Å². The minimum Gasteiger partial charge on any atom is -0.464 e. The van der Waals surface area contributed by atoms with Gasteiger partial charge >= 0.3 is 11.9 Å². The Balaban J connectivity index is 2.08. The number of alkyl halides is 3. The van der Waals surface area contributed by atoms with Crippen molar-refractivity contribution >= 4 is 52.6 Å². The maximum atomic E-state index is 13.2. The first-order chi connectivity index (χ1) is 20.5. The molecule has 1 aliphatic heterocycles. The molecule has 0 radical (unpaired) electrons. The molecule has 2 aromatic rings. The third-order valence-electron chi connectivity index (χ3n) is 6.12. The number of esters is 2. The van der Waals surface area contributed by atoms with Crippen LogP contribution in [-0.4, -0.2) is 72.2 Å². The molecule has 13 heteroatoms. The number of carbonyl (C=O) groups is 2. The van der Waals surface area contributed by atoms with Gasteiger partial charge in [-0.05, 0) is 18.1 Å². The highest BCUT2D eigenvalue weighted by Gasteiger charge is 2.52. The zero-order valence-corrected chi connectivity index (χ0v) is 25.9. The Bertz CT molecular complexity index is 1200. The van der Waals surface area contributed by atoms with E-state index >= 15 is 0 Å². The fourth-order valence-corrected chi connectivity index (χ4v) is 4.38. The minimum absolute atomic E-state index is 0.0278. The summed E-state index contributed by atoms with van der Waals surface area (Å²) in [5.41, 5.74) is 1.32. The Labute approximate surface area is 265 Å². The van der Waals surface area contributed by atoms with Gasteiger partial charge in [-0.2, -0.15) is 0 Å². The van der Waals surface area contributed by atoms with Crippen LogP contribution in [0.1, 0.15) is 31.1 Å². The van der Waals surface area contributed by atoms with Crippen LogP contribution in [0.4, 0.5) is 0 Å². The molecule has 1 fully saturated rings. The van der Waals surface area contributed by atoms with Crippen molar-refractivity contribution in [1.82, 2.24) is 0 Å². The first-order valence-electron chi connectivity index (χ1n) is 13.4. The van der Waals surface area contributed by atoms with Gasteiger partial charge in [0.25, 0.3) is 3.79 Å². The van der Waals surface area contributed by atoms with Crippen LogP contribution in [0.15, 0.2) is 73.3 Å². The summed E-state index contributed by atoms with van der Waals surface area (Å²) in [6, 6.07) is 18.0. The molecular weight excluding hydrogens is 625 g/mol. The molecule has 0 aromatic heterocycles. The molecule has 0 unspecified atom stereocenters. The Morgan fingerprint density at radius 3 is 2.23 bits per heavy atom. The largest absolute Gasteiger partial charge is 0.464 e. The van der Waals surface area contributed by atoms with E-state index in [1.165, 1.54) is 13.0 Å². The summed E-state index contributed by atoms with van der Waals surface area (Å²) < 4.78 is 39.1. The highest BCUT2D eigenvalue weighted by Crippen LogP contribution is 2.36. The molecule has 10 nitrogen and oxygen atoms in total. The lowest BCUT2D eigenvalue weighted by Crippen LogP contribution is -2.63. The average Bonchev–Trinajstić information content (AvgIpc) is 2.98. The molecule has 0 saturated carbocycles. The molecule has 2 aromatic carbocycles. The smallest absolute Gasteiger partial charge is 0.339 e. The van der Waals surface area contributed by atoms with Crippen molar-refractivity contribution in [2.24, 2.45) is 0 Å². The van der Waals surface area contributed by atoms with Gasteiger partial charge in [0.05, 0.1) is 19.8 Å². The van der Waals surface area contributed by atoms with Crippen LogP contribution in [0.25, 0.3) is 0 Å². The van der Waals surface area contributed by atoms with Crippen LogP contribution in [-0.2, 0) is 49.4 Å². The number of halogens is 3. The van der Waals surface area contributed by atoms with Gasteiger partial charge in [0.2, 0.25) is 12.2 Å². The highest BCUT2D eigenvalue weighted by atomic mass is 35.6. The van der Waals surface area contributed by atoms with Gasteiger partial charge in [-0.1, -0.05) is 102 Å². The van der Waals surface area contributed by atoms with E-state index in [2.05, 4.69) is 6.58 Å². The lowest BCUT2D eigenvalue weighted by molar-refractivity contribution is -0.313. The Morgan fingerprint density at radius 1 is 1.00 bits per heavy atom. The van der Waals surface area contributed by atoms with E-state index in [0.717, 1.165) is 5.56 Å². The van der Waals surface area contributed by atoms with Crippen molar-refractivity contribution in [3.63, 3.8) is 0 Å². The van der Waals surface area contributed by atoms with Crippen LogP contribution in [0.2, 0.25) is 0 Å².